The van der Waals surface area contributed by atoms with Crippen LogP contribution in [0, 0.1) is 0 Å². The highest BCUT2D eigenvalue weighted by Crippen LogP contribution is 2.37. The monoisotopic (exact) mass is 283 g/mol. The third-order valence-corrected chi connectivity index (χ3v) is 3.67. The van der Waals surface area contributed by atoms with Gasteiger partial charge in [-0.3, -0.25) is 0 Å². The quantitative estimate of drug-likeness (QED) is 0.793. The Balaban J connectivity index is 1.89. The van der Waals surface area contributed by atoms with Gasteiger partial charge >= 0.3 is 0 Å². The van der Waals surface area contributed by atoms with Crippen molar-refractivity contribution in [2.45, 2.75) is 25.2 Å². The normalized spacial score (nSPS) is 22.6. The lowest BCUT2D eigenvalue weighted by atomic mass is 10.0. The number of fused-ring (bicyclic) bond motifs is 1. The molecule has 1 aromatic rings. The third-order valence-electron chi connectivity index (χ3n) is 3.18. The number of nitrogens with one attached hydrogen (secondary N) is 1. The molecule has 16 heavy (non-hydrogen) atoms. The number of hydrogen-bond donors (Lipinski definition) is 1. The van der Waals surface area contributed by atoms with Crippen LogP contribution in [0.1, 0.15) is 18.4 Å². The summed E-state index contributed by atoms with van der Waals surface area (Å²) < 4.78 is 13.0. The summed E-state index contributed by atoms with van der Waals surface area (Å²) in [5.41, 5.74) is 1.13. The second-order valence-corrected chi connectivity index (χ2v) is 5.22. The van der Waals surface area contributed by atoms with Gasteiger partial charge in [0.1, 0.15) is 5.75 Å². The second-order valence-electron chi connectivity index (χ2n) is 4.30. The highest BCUT2D eigenvalue weighted by molar-refractivity contribution is 9.10. The van der Waals surface area contributed by atoms with Crippen molar-refractivity contribution in [3.63, 3.8) is 0 Å². The predicted octanol–water partition coefficient (Wildman–Crippen LogP) is 2.44. The maximum atomic E-state index is 6.05. The number of halogens is 1. The minimum absolute atomic E-state index is 0.390. The van der Waals surface area contributed by atoms with Crippen LogP contribution in [-0.4, -0.2) is 18.9 Å². The Hall–Kier alpha value is -0.580. The van der Waals surface area contributed by atoms with Gasteiger partial charge < -0.3 is 14.8 Å². The average Bonchev–Trinajstić information content (AvgIpc) is 2.29. The number of hydrogen-bond acceptors (Lipinski definition) is 3. The van der Waals surface area contributed by atoms with Crippen molar-refractivity contribution in [3.8, 4) is 5.75 Å². The van der Waals surface area contributed by atoms with E-state index < -0.39 is 0 Å². The predicted molar refractivity (Wildman–Crippen MR) is 64.4 cm³/mol. The Bertz CT molecular complexity index is 402. The van der Waals surface area contributed by atoms with Crippen molar-refractivity contribution in [3.05, 3.63) is 28.2 Å². The van der Waals surface area contributed by atoms with Gasteiger partial charge in [-0.25, -0.2) is 0 Å². The van der Waals surface area contributed by atoms with Gasteiger partial charge in [-0.15, -0.1) is 0 Å². The maximum absolute atomic E-state index is 6.05. The fourth-order valence-corrected chi connectivity index (χ4v) is 2.58. The van der Waals surface area contributed by atoms with E-state index in [0.29, 0.717) is 6.61 Å². The van der Waals surface area contributed by atoms with Gasteiger partial charge in [0.05, 0.1) is 6.61 Å². The molecular formula is C12H14BrNO2. The van der Waals surface area contributed by atoms with Gasteiger partial charge in [0, 0.05) is 36.0 Å². The molecule has 0 saturated carbocycles. The lowest BCUT2D eigenvalue weighted by molar-refractivity contribution is -0.218. The Morgan fingerprint density at radius 3 is 2.88 bits per heavy atom. The summed E-state index contributed by atoms with van der Waals surface area (Å²) in [4.78, 5) is 0. The molecule has 0 radical (unpaired) electrons. The van der Waals surface area contributed by atoms with Gasteiger partial charge in [-0.2, -0.15) is 0 Å². The van der Waals surface area contributed by atoms with Gasteiger partial charge in [-0.1, -0.05) is 22.0 Å². The Morgan fingerprint density at radius 1 is 1.25 bits per heavy atom. The molecule has 0 aromatic heterocycles. The number of benzene rings is 1. The highest BCUT2D eigenvalue weighted by Gasteiger charge is 2.38. The van der Waals surface area contributed by atoms with Gasteiger partial charge in [0.15, 0.2) is 0 Å². The van der Waals surface area contributed by atoms with Gasteiger partial charge in [0.25, 0.3) is 0 Å². The molecule has 1 spiro atoms. The van der Waals surface area contributed by atoms with Crippen LogP contribution >= 0.6 is 15.9 Å². The summed E-state index contributed by atoms with van der Waals surface area (Å²) in [6.07, 6.45) is 1.83. The average molecular weight is 284 g/mol. The fraction of sp³-hybridized carbons (Fsp3) is 0.500. The van der Waals surface area contributed by atoms with Crippen LogP contribution < -0.4 is 10.1 Å². The van der Waals surface area contributed by atoms with Crippen LogP contribution in [0.4, 0.5) is 0 Å². The van der Waals surface area contributed by atoms with Crippen LogP contribution in [0.2, 0.25) is 0 Å². The minimum Gasteiger partial charge on any atom is -0.462 e. The lowest BCUT2D eigenvalue weighted by Gasteiger charge is -2.41. The van der Waals surface area contributed by atoms with Crippen LogP contribution in [0.15, 0.2) is 22.7 Å². The van der Waals surface area contributed by atoms with E-state index in [1.807, 2.05) is 18.2 Å². The molecule has 1 N–H and O–H groups in total. The largest absolute Gasteiger partial charge is 0.462 e. The van der Waals surface area contributed by atoms with Crippen LogP contribution in [0.5, 0.6) is 5.75 Å². The number of rotatable bonds is 0. The molecule has 3 rings (SSSR count). The van der Waals surface area contributed by atoms with Crippen molar-refractivity contribution in [2.75, 3.05) is 13.1 Å². The van der Waals surface area contributed by atoms with Crippen LogP contribution in [0.3, 0.4) is 0 Å². The van der Waals surface area contributed by atoms with E-state index in [0.717, 1.165) is 41.7 Å². The molecule has 2 heterocycles. The van der Waals surface area contributed by atoms with E-state index in [2.05, 4.69) is 21.2 Å². The number of ether oxygens (including phenoxy) is 2. The Kier molecular flexibility index (Phi) is 2.65. The van der Waals surface area contributed by atoms with Crippen molar-refractivity contribution >= 4 is 15.9 Å². The summed E-state index contributed by atoms with van der Waals surface area (Å²) in [5.74, 6) is 0.571. The molecule has 1 aromatic carbocycles. The summed E-state index contributed by atoms with van der Waals surface area (Å²) in [5, 5.41) is 3.32. The van der Waals surface area contributed by atoms with Crippen molar-refractivity contribution in [1.29, 1.82) is 0 Å². The zero-order valence-electron chi connectivity index (χ0n) is 8.96. The summed E-state index contributed by atoms with van der Waals surface area (Å²) in [7, 11) is 0. The first-order chi connectivity index (χ1) is 7.77. The van der Waals surface area contributed by atoms with Crippen molar-refractivity contribution in [1.82, 2.24) is 5.32 Å². The first-order valence-electron chi connectivity index (χ1n) is 5.60. The molecule has 1 saturated heterocycles. The molecule has 3 nitrogen and oxygen atoms in total. The van der Waals surface area contributed by atoms with Crippen molar-refractivity contribution in [2.24, 2.45) is 0 Å². The van der Waals surface area contributed by atoms with E-state index >= 15 is 0 Å². The summed E-state index contributed by atoms with van der Waals surface area (Å²) in [6, 6.07) is 6.10. The van der Waals surface area contributed by atoms with Gasteiger partial charge in [-0.05, 0) is 12.1 Å². The van der Waals surface area contributed by atoms with E-state index in [9.17, 15) is 0 Å². The minimum atomic E-state index is -0.390. The van der Waals surface area contributed by atoms with Gasteiger partial charge in [0.2, 0.25) is 5.79 Å². The van der Waals surface area contributed by atoms with Crippen molar-refractivity contribution < 1.29 is 9.47 Å². The standard InChI is InChI=1S/C12H14BrNO2/c13-10-2-1-9-8-15-12(16-11(9)7-10)3-5-14-6-4-12/h1-2,7,14H,3-6,8H2. The number of piperidine rings is 1. The molecular weight excluding hydrogens is 270 g/mol. The molecule has 1 fully saturated rings. The molecule has 2 aliphatic rings. The smallest absolute Gasteiger partial charge is 0.213 e. The zero-order chi connectivity index (χ0) is 11.0. The summed E-state index contributed by atoms with van der Waals surface area (Å²) in [6.45, 7) is 2.58. The molecule has 0 bridgehead atoms. The first kappa shape index (κ1) is 10.6. The van der Waals surface area contributed by atoms with E-state index in [1.165, 1.54) is 0 Å². The maximum Gasteiger partial charge on any atom is 0.213 e. The van der Waals surface area contributed by atoms with E-state index in [1.54, 1.807) is 0 Å². The Morgan fingerprint density at radius 2 is 2.06 bits per heavy atom. The third kappa shape index (κ3) is 1.85. The Labute approximate surface area is 103 Å². The van der Waals surface area contributed by atoms with E-state index in [-0.39, 0.29) is 5.79 Å². The SMILES string of the molecule is Brc1ccc2c(c1)OC1(CCNCC1)OC2. The molecule has 86 valence electrons. The lowest BCUT2D eigenvalue weighted by Crippen LogP contribution is -2.49. The molecule has 0 aliphatic carbocycles. The van der Waals surface area contributed by atoms with Crippen LogP contribution in [-0.2, 0) is 11.3 Å². The molecule has 0 unspecified atom stereocenters. The summed E-state index contributed by atoms with van der Waals surface area (Å²) >= 11 is 3.47. The highest BCUT2D eigenvalue weighted by atomic mass is 79.9. The zero-order valence-corrected chi connectivity index (χ0v) is 10.5. The fourth-order valence-electron chi connectivity index (χ4n) is 2.24. The first-order valence-corrected chi connectivity index (χ1v) is 6.39. The topological polar surface area (TPSA) is 30.5 Å². The molecule has 0 atom stereocenters. The molecule has 0 amide bonds. The molecule has 4 heteroatoms. The second kappa shape index (κ2) is 4.02. The van der Waals surface area contributed by atoms with E-state index in [4.69, 9.17) is 9.47 Å². The van der Waals surface area contributed by atoms with Crippen LogP contribution in [0.25, 0.3) is 0 Å². The molecule has 2 aliphatic heterocycles.